The van der Waals surface area contributed by atoms with Crippen molar-refractivity contribution in [3.05, 3.63) is 78.4 Å². The first-order chi connectivity index (χ1) is 16.0. The molecule has 0 saturated carbocycles. The molecule has 172 valence electrons. The van der Waals surface area contributed by atoms with Crippen molar-refractivity contribution in [2.45, 2.75) is 38.4 Å². The third-order valence-electron chi connectivity index (χ3n) is 5.83. The highest BCUT2D eigenvalue weighted by Crippen LogP contribution is 2.39. The number of anilines is 1. The Morgan fingerprint density at radius 1 is 1.18 bits per heavy atom. The number of carbonyl (C=O) groups is 1. The number of pyridine rings is 1. The maximum atomic E-state index is 12.8. The lowest BCUT2D eigenvalue weighted by Crippen LogP contribution is -2.33. The summed E-state index contributed by atoms with van der Waals surface area (Å²) < 4.78 is 7.59. The van der Waals surface area contributed by atoms with E-state index >= 15 is 0 Å². The number of nitrogens with zero attached hydrogens (tertiary/aromatic N) is 3. The molecule has 33 heavy (non-hydrogen) atoms. The van der Waals surface area contributed by atoms with Gasteiger partial charge in [0.15, 0.2) is 5.11 Å². The van der Waals surface area contributed by atoms with Crippen LogP contribution in [0.3, 0.4) is 0 Å². The molecule has 2 N–H and O–H groups in total. The Balaban J connectivity index is 1.57. The lowest BCUT2D eigenvalue weighted by Gasteiger charge is -2.29. The molecule has 1 amide bonds. The fraction of sp³-hybridized carbons (Fsp3) is 0.320. The van der Waals surface area contributed by atoms with E-state index < -0.39 is 0 Å². The Morgan fingerprint density at radius 3 is 2.70 bits per heavy atom. The van der Waals surface area contributed by atoms with Crippen LogP contribution in [0, 0.1) is 0 Å². The van der Waals surface area contributed by atoms with Crippen molar-refractivity contribution in [2.24, 2.45) is 0 Å². The van der Waals surface area contributed by atoms with Crippen LogP contribution in [0.4, 0.5) is 5.69 Å². The number of hydrogen-bond acceptors (Lipinski definition) is 4. The lowest BCUT2D eigenvalue weighted by atomic mass is 10.0. The molecule has 1 saturated heterocycles. The predicted octanol–water partition coefficient (Wildman–Crippen LogP) is 4.47. The number of nitrogens with one attached hydrogen (secondary N) is 2. The summed E-state index contributed by atoms with van der Waals surface area (Å²) >= 11 is 5.72. The van der Waals surface area contributed by atoms with E-state index in [9.17, 15) is 4.79 Å². The molecule has 1 aliphatic heterocycles. The van der Waals surface area contributed by atoms with Crippen LogP contribution >= 0.6 is 12.2 Å². The van der Waals surface area contributed by atoms with Crippen LogP contribution < -0.4 is 15.4 Å². The number of methoxy groups -OCH3 is 1. The highest BCUT2D eigenvalue weighted by Gasteiger charge is 2.41. The van der Waals surface area contributed by atoms with Crippen molar-refractivity contribution in [2.75, 3.05) is 19.0 Å². The third-order valence-corrected chi connectivity index (χ3v) is 6.18. The molecule has 0 spiro atoms. The molecule has 3 heterocycles. The van der Waals surface area contributed by atoms with Gasteiger partial charge in [-0.1, -0.05) is 18.2 Å². The molecule has 8 heteroatoms. The molecule has 1 aromatic carbocycles. The fourth-order valence-corrected chi connectivity index (χ4v) is 4.61. The third kappa shape index (κ3) is 4.85. The summed E-state index contributed by atoms with van der Waals surface area (Å²) in [6.07, 6.45) is 4.17. The second kappa shape index (κ2) is 10.0. The topological polar surface area (TPSA) is 71.4 Å². The standard InChI is InChI=1S/C25H29N5O2S/c1-17(2)29-15-8-11-20(29)24-23(19-10-6-7-14-26-19)28-25(33)30(24)16-13-22(31)27-18-9-4-5-12-21(18)32-3/h4-12,14-15,17,23-24H,13,16H2,1-3H3,(H,27,31)(H,28,33)/t23-,24-/m1/s1. The van der Waals surface area contributed by atoms with E-state index in [2.05, 4.69) is 57.3 Å². The van der Waals surface area contributed by atoms with Crippen LogP contribution in [0.25, 0.3) is 0 Å². The number of thiocarbonyl (C=S) groups is 1. The summed E-state index contributed by atoms with van der Waals surface area (Å²) in [5.74, 6) is 0.536. The van der Waals surface area contributed by atoms with Crippen molar-refractivity contribution < 1.29 is 9.53 Å². The highest BCUT2D eigenvalue weighted by atomic mass is 32.1. The van der Waals surface area contributed by atoms with Crippen molar-refractivity contribution in [1.29, 1.82) is 0 Å². The Kier molecular flexibility index (Phi) is 6.93. The number of aromatic nitrogens is 2. The zero-order valence-electron chi connectivity index (χ0n) is 19.1. The van der Waals surface area contributed by atoms with Gasteiger partial charge in [0.05, 0.1) is 30.6 Å². The molecular formula is C25H29N5O2S. The maximum absolute atomic E-state index is 12.8. The van der Waals surface area contributed by atoms with Gasteiger partial charge in [-0.15, -0.1) is 0 Å². The Morgan fingerprint density at radius 2 is 1.97 bits per heavy atom. The number of rotatable bonds is 8. The number of ether oxygens (including phenoxy) is 1. The second-order valence-electron chi connectivity index (χ2n) is 8.25. The molecular weight excluding hydrogens is 434 g/mol. The summed E-state index contributed by atoms with van der Waals surface area (Å²) in [5, 5.41) is 7.02. The summed E-state index contributed by atoms with van der Waals surface area (Å²) in [4.78, 5) is 19.5. The van der Waals surface area contributed by atoms with Crippen LogP contribution in [0.5, 0.6) is 5.75 Å². The van der Waals surface area contributed by atoms with E-state index in [1.807, 2.05) is 42.5 Å². The minimum atomic E-state index is -0.108. The average molecular weight is 464 g/mol. The SMILES string of the molecule is COc1ccccc1NC(=O)CCN1C(=S)N[C@H](c2ccccn2)[C@H]1c1cccn1C(C)C. The molecule has 0 radical (unpaired) electrons. The van der Waals surface area contributed by atoms with E-state index in [1.54, 1.807) is 13.3 Å². The summed E-state index contributed by atoms with van der Waals surface area (Å²) in [6.45, 7) is 4.79. The normalized spacial score (nSPS) is 17.8. The monoisotopic (exact) mass is 463 g/mol. The Hall–Kier alpha value is -3.39. The van der Waals surface area contributed by atoms with Crippen LogP contribution in [-0.4, -0.2) is 39.1 Å². The molecule has 0 aliphatic carbocycles. The highest BCUT2D eigenvalue weighted by molar-refractivity contribution is 7.80. The van der Waals surface area contributed by atoms with Gasteiger partial charge < -0.3 is 24.8 Å². The van der Waals surface area contributed by atoms with E-state index in [4.69, 9.17) is 17.0 Å². The van der Waals surface area contributed by atoms with E-state index in [-0.39, 0.29) is 24.4 Å². The van der Waals surface area contributed by atoms with Crippen LogP contribution in [0.15, 0.2) is 67.0 Å². The van der Waals surface area contributed by atoms with E-state index in [0.717, 1.165) is 11.4 Å². The summed E-state index contributed by atoms with van der Waals surface area (Å²) in [6, 6.07) is 17.6. The number of para-hydroxylation sites is 2. The van der Waals surface area contributed by atoms with Crippen molar-refractivity contribution >= 4 is 28.9 Å². The first-order valence-corrected chi connectivity index (χ1v) is 11.5. The number of benzene rings is 1. The van der Waals surface area contributed by atoms with Gasteiger partial charge in [0.2, 0.25) is 5.91 Å². The second-order valence-corrected chi connectivity index (χ2v) is 8.64. The molecule has 1 aliphatic rings. The van der Waals surface area contributed by atoms with Gasteiger partial charge in [-0.05, 0) is 62.5 Å². The first-order valence-electron chi connectivity index (χ1n) is 11.1. The maximum Gasteiger partial charge on any atom is 0.226 e. The lowest BCUT2D eigenvalue weighted by molar-refractivity contribution is -0.116. The van der Waals surface area contributed by atoms with Crippen LogP contribution in [0.2, 0.25) is 0 Å². The van der Waals surface area contributed by atoms with Gasteiger partial charge in [-0.3, -0.25) is 9.78 Å². The van der Waals surface area contributed by atoms with Crippen LogP contribution in [-0.2, 0) is 4.79 Å². The van der Waals surface area contributed by atoms with Gasteiger partial charge in [0.1, 0.15) is 5.75 Å². The van der Waals surface area contributed by atoms with Gasteiger partial charge in [0, 0.05) is 37.1 Å². The summed E-state index contributed by atoms with van der Waals surface area (Å²) in [5.41, 5.74) is 2.71. The first kappa shape index (κ1) is 22.8. The molecule has 7 nitrogen and oxygen atoms in total. The Bertz CT molecular complexity index is 1110. The number of hydrogen-bond donors (Lipinski definition) is 2. The predicted molar refractivity (Wildman–Crippen MR) is 133 cm³/mol. The quantitative estimate of drug-likeness (QED) is 0.480. The smallest absolute Gasteiger partial charge is 0.226 e. The number of amides is 1. The Labute approximate surface area is 199 Å². The van der Waals surface area contributed by atoms with E-state index in [1.165, 1.54) is 0 Å². The average Bonchev–Trinajstić information content (AvgIpc) is 3.43. The fourth-order valence-electron chi connectivity index (χ4n) is 4.28. The zero-order chi connectivity index (χ0) is 23.4. The summed E-state index contributed by atoms with van der Waals surface area (Å²) in [7, 11) is 1.59. The zero-order valence-corrected chi connectivity index (χ0v) is 19.9. The van der Waals surface area contributed by atoms with Crippen molar-refractivity contribution in [3.8, 4) is 5.75 Å². The molecule has 4 rings (SSSR count). The molecule has 1 fully saturated rings. The molecule has 0 bridgehead atoms. The minimum Gasteiger partial charge on any atom is -0.495 e. The van der Waals surface area contributed by atoms with Gasteiger partial charge in [0.25, 0.3) is 0 Å². The number of carbonyl (C=O) groups excluding carboxylic acids is 1. The molecule has 3 aromatic rings. The van der Waals surface area contributed by atoms with Gasteiger partial charge >= 0.3 is 0 Å². The van der Waals surface area contributed by atoms with Crippen LogP contribution in [0.1, 0.15) is 49.8 Å². The largest absolute Gasteiger partial charge is 0.495 e. The van der Waals surface area contributed by atoms with Crippen molar-refractivity contribution in [1.82, 2.24) is 19.8 Å². The molecule has 2 aromatic heterocycles. The van der Waals surface area contributed by atoms with Crippen molar-refractivity contribution in [3.63, 3.8) is 0 Å². The molecule has 0 unspecified atom stereocenters. The van der Waals surface area contributed by atoms with Gasteiger partial charge in [-0.25, -0.2) is 0 Å². The van der Waals surface area contributed by atoms with E-state index in [0.29, 0.717) is 29.1 Å². The molecule has 2 atom stereocenters. The minimum absolute atomic E-state index is 0.0798. The van der Waals surface area contributed by atoms with Gasteiger partial charge in [-0.2, -0.15) is 0 Å².